The maximum atomic E-state index is 9.90. The molecule has 0 radical (unpaired) electrons. The van der Waals surface area contributed by atoms with Gasteiger partial charge in [-0.15, -0.1) is 0 Å². The van der Waals surface area contributed by atoms with Gasteiger partial charge in [0.1, 0.15) is 0 Å². The molecule has 1 heteroatoms. The summed E-state index contributed by atoms with van der Waals surface area (Å²) in [7, 11) is 0. The van der Waals surface area contributed by atoms with Gasteiger partial charge in [0.2, 0.25) is 0 Å². The van der Waals surface area contributed by atoms with E-state index < -0.39 is 0 Å². The number of hydrogen-bond donors (Lipinski definition) is 1. The molecule has 0 amide bonds. The van der Waals surface area contributed by atoms with Crippen LogP contribution in [-0.4, -0.2) is 5.11 Å². The predicted octanol–water partition coefficient (Wildman–Crippen LogP) is 2.99. The van der Waals surface area contributed by atoms with E-state index in [1.165, 1.54) is 11.1 Å². The van der Waals surface area contributed by atoms with Gasteiger partial charge < -0.3 is 5.11 Å². The van der Waals surface area contributed by atoms with E-state index in [2.05, 4.69) is 25.1 Å². The molecule has 0 aliphatic heterocycles. The van der Waals surface area contributed by atoms with E-state index in [4.69, 9.17) is 0 Å². The Labute approximate surface area is 80.4 Å². The fourth-order valence-electron chi connectivity index (χ4n) is 1.44. The molecule has 1 nitrogen and oxygen atoms in total. The lowest BCUT2D eigenvalue weighted by molar-refractivity contribution is 0.126. The normalized spacial score (nSPS) is 13.4. The molecule has 0 saturated carbocycles. The van der Waals surface area contributed by atoms with Crippen molar-refractivity contribution in [1.29, 1.82) is 0 Å². The zero-order valence-corrected chi connectivity index (χ0v) is 8.83. The first-order valence-electron chi connectivity index (χ1n) is 4.77. The summed E-state index contributed by atoms with van der Waals surface area (Å²) < 4.78 is 0. The first-order chi connectivity index (χ1) is 6.02. The molecule has 1 aromatic rings. The topological polar surface area (TPSA) is 20.2 Å². The van der Waals surface area contributed by atoms with E-state index in [9.17, 15) is 5.11 Å². The summed E-state index contributed by atoms with van der Waals surface area (Å²) in [6.07, 6.45) is -0.333. The van der Waals surface area contributed by atoms with Crippen LogP contribution in [0.15, 0.2) is 18.2 Å². The third-order valence-corrected chi connectivity index (χ3v) is 2.38. The minimum Gasteiger partial charge on any atom is -0.388 e. The van der Waals surface area contributed by atoms with E-state index in [-0.39, 0.29) is 12.0 Å². The zero-order chi connectivity index (χ0) is 10.0. The van der Waals surface area contributed by atoms with Gasteiger partial charge in [0.25, 0.3) is 0 Å². The van der Waals surface area contributed by atoms with Crippen LogP contribution in [0.25, 0.3) is 0 Å². The molecule has 1 N–H and O–H groups in total. The molecule has 0 spiro atoms. The third kappa shape index (κ3) is 2.31. The molecule has 1 unspecified atom stereocenters. The standard InChI is InChI=1S/C12H18O/c1-8(2)12(13)11-7-9(3)5-6-10(11)4/h5-8,12-13H,1-4H3. The van der Waals surface area contributed by atoms with Gasteiger partial charge in [0, 0.05) is 0 Å². The molecule has 72 valence electrons. The van der Waals surface area contributed by atoms with Crippen LogP contribution in [0.4, 0.5) is 0 Å². The SMILES string of the molecule is Cc1ccc(C)c(C(O)C(C)C)c1. The van der Waals surface area contributed by atoms with Crippen molar-refractivity contribution in [3.8, 4) is 0 Å². The highest BCUT2D eigenvalue weighted by molar-refractivity contribution is 5.32. The van der Waals surface area contributed by atoms with Gasteiger partial charge in [0.05, 0.1) is 6.10 Å². The first-order valence-corrected chi connectivity index (χ1v) is 4.77. The quantitative estimate of drug-likeness (QED) is 0.738. The first kappa shape index (κ1) is 10.3. The lowest BCUT2D eigenvalue weighted by Crippen LogP contribution is -2.07. The molecule has 0 heterocycles. The van der Waals surface area contributed by atoms with Crippen LogP contribution in [0, 0.1) is 19.8 Å². The summed E-state index contributed by atoms with van der Waals surface area (Å²) in [6, 6.07) is 6.21. The maximum Gasteiger partial charge on any atom is 0.0815 e. The number of aliphatic hydroxyl groups excluding tert-OH is 1. The van der Waals surface area contributed by atoms with Crippen molar-refractivity contribution in [2.45, 2.75) is 33.8 Å². The molecular formula is C12H18O. The highest BCUT2D eigenvalue weighted by Crippen LogP contribution is 2.24. The van der Waals surface area contributed by atoms with Crippen molar-refractivity contribution >= 4 is 0 Å². The van der Waals surface area contributed by atoms with Crippen LogP contribution in [0.2, 0.25) is 0 Å². The molecule has 1 aromatic carbocycles. The Morgan fingerprint density at radius 3 is 2.31 bits per heavy atom. The van der Waals surface area contributed by atoms with Gasteiger partial charge in [0.15, 0.2) is 0 Å². The average Bonchev–Trinajstić information content (AvgIpc) is 2.08. The van der Waals surface area contributed by atoms with E-state index in [0.717, 1.165) is 5.56 Å². The van der Waals surface area contributed by atoms with Crippen molar-refractivity contribution in [3.05, 3.63) is 34.9 Å². The highest BCUT2D eigenvalue weighted by atomic mass is 16.3. The minimum absolute atomic E-state index is 0.278. The third-order valence-electron chi connectivity index (χ3n) is 2.38. The molecule has 0 aliphatic carbocycles. The number of aliphatic hydroxyl groups is 1. The Morgan fingerprint density at radius 2 is 1.77 bits per heavy atom. The average molecular weight is 178 g/mol. The molecule has 0 aromatic heterocycles. The van der Waals surface area contributed by atoms with Gasteiger partial charge in [-0.3, -0.25) is 0 Å². The molecule has 0 saturated heterocycles. The van der Waals surface area contributed by atoms with Gasteiger partial charge in [-0.2, -0.15) is 0 Å². The second-order valence-corrected chi connectivity index (χ2v) is 4.05. The van der Waals surface area contributed by atoms with Crippen molar-refractivity contribution in [2.24, 2.45) is 5.92 Å². The Hall–Kier alpha value is -0.820. The monoisotopic (exact) mass is 178 g/mol. The molecule has 0 fully saturated rings. The highest BCUT2D eigenvalue weighted by Gasteiger charge is 2.13. The van der Waals surface area contributed by atoms with Crippen LogP contribution >= 0.6 is 0 Å². The van der Waals surface area contributed by atoms with Gasteiger partial charge in [-0.1, -0.05) is 37.6 Å². The maximum absolute atomic E-state index is 9.90. The van der Waals surface area contributed by atoms with E-state index in [0.29, 0.717) is 0 Å². The lowest BCUT2D eigenvalue weighted by atomic mass is 9.94. The summed E-state index contributed by atoms with van der Waals surface area (Å²) >= 11 is 0. The van der Waals surface area contributed by atoms with E-state index >= 15 is 0 Å². The fraction of sp³-hybridized carbons (Fsp3) is 0.500. The van der Waals surface area contributed by atoms with E-state index in [1.54, 1.807) is 0 Å². The van der Waals surface area contributed by atoms with Gasteiger partial charge in [-0.25, -0.2) is 0 Å². The predicted molar refractivity (Wildman–Crippen MR) is 55.7 cm³/mol. The van der Waals surface area contributed by atoms with Crippen LogP contribution in [0.5, 0.6) is 0 Å². The largest absolute Gasteiger partial charge is 0.388 e. The number of hydrogen-bond acceptors (Lipinski definition) is 1. The molecular weight excluding hydrogens is 160 g/mol. The second-order valence-electron chi connectivity index (χ2n) is 4.05. The molecule has 0 aliphatic rings. The number of aryl methyl sites for hydroxylation is 2. The van der Waals surface area contributed by atoms with Crippen LogP contribution in [0.3, 0.4) is 0 Å². The van der Waals surface area contributed by atoms with Crippen LogP contribution in [0.1, 0.15) is 36.6 Å². The second kappa shape index (κ2) is 3.93. The molecule has 1 atom stereocenters. The Kier molecular flexibility index (Phi) is 3.10. The zero-order valence-electron chi connectivity index (χ0n) is 8.83. The lowest BCUT2D eigenvalue weighted by Gasteiger charge is -2.17. The van der Waals surface area contributed by atoms with Crippen LogP contribution < -0.4 is 0 Å². The van der Waals surface area contributed by atoms with Crippen molar-refractivity contribution in [2.75, 3.05) is 0 Å². The molecule has 0 bridgehead atoms. The summed E-state index contributed by atoms with van der Waals surface area (Å²) in [4.78, 5) is 0. The van der Waals surface area contributed by atoms with Crippen LogP contribution in [-0.2, 0) is 0 Å². The van der Waals surface area contributed by atoms with Gasteiger partial charge >= 0.3 is 0 Å². The Balaban J connectivity index is 3.05. The smallest absolute Gasteiger partial charge is 0.0815 e. The Morgan fingerprint density at radius 1 is 1.15 bits per heavy atom. The summed E-state index contributed by atoms with van der Waals surface area (Å²) in [6.45, 7) is 8.16. The number of benzene rings is 1. The molecule has 13 heavy (non-hydrogen) atoms. The summed E-state index contributed by atoms with van der Waals surface area (Å²) in [5.74, 6) is 0.278. The Bertz CT molecular complexity index is 289. The fourth-order valence-corrected chi connectivity index (χ4v) is 1.44. The minimum atomic E-state index is -0.333. The summed E-state index contributed by atoms with van der Waals surface area (Å²) in [5.41, 5.74) is 3.45. The van der Waals surface area contributed by atoms with Crippen molar-refractivity contribution < 1.29 is 5.11 Å². The number of rotatable bonds is 2. The molecule has 1 rings (SSSR count). The van der Waals surface area contributed by atoms with Gasteiger partial charge in [-0.05, 0) is 30.9 Å². The van der Waals surface area contributed by atoms with E-state index in [1.807, 2.05) is 20.8 Å². The summed E-state index contributed by atoms with van der Waals surface area (Å²) in [5, 5.41) is 9.90. The van der Waals surface area contributed by atoms with Crippen molar-refractivity contribution in [3.63, 3.8) is 0 Å². The van der Waals surface area contributed by atoms with Crippen molar-refractivity contribution in [1.82, 2.24) is 0 Å².